The second-order valence-corrected chi connectivity index (χ2v) is 4.10. The number of amides is 1. The Morgan fingerprint density at radius 2 is 2.25 bits per heavy atom. The summed E-state index contributed by atoms with van der Waals surface area (Å²) in [5.74, 6) is 0.228. The van der Waals surface area contributed by atoms with Crippen LogP contribution < -0.4 is 10.2 Å². The third kappa shape index (κ3) is 1.83. The summed E-state index contributed by atoms with van der Waals surface area (Å²) in [5, 5.41) is 3.09. The van der Waals surface area contributed by atoms with E-state index in [1.165, 1.54) is 11.1 Å². The summed E-state index contributed by atoms with van der Waals surface area (Å²) < 4.78 is 0. The number of aryl methyl sites for hydroxylation is 1. The minimum absolute atomic E-state index is 0.228. The standard InChI is InChI=1S/C13H18N2O/c1-3-10-5-4-6-11-9-12(16)15(13(10)11)8-7-14-2/h4-6,14H,3,7-9H2,1-2H3. The molecule has 16 heavy (non-hydrogen) atoms. The molecule has 1 aliphatic heterocycles. The summed E-state index contributed by atoms with van der Waals surface area (Å²) in [5.41, 5.74) is 3.62. The average molecular weight is 218 g/mol. The minimum atomic E-state index is 0.228. The lowest BCUT2D eigenvalue weighted by atomic mass is 10.1. The normalized spacial score (nSPS) is 14.4. The molecule has 3 nitrogen and oxygen atoms in total. The molecule has 1 aromatic rings. The number of hydrogen-bond donors (Lipinski definition) is 1. The van der Waals surface area contributed by atoms with E-state index in [0.29, 0.717) is 6.42 Å². The first kappa shape index (κ1) is 11.1. The molecule has 0 saturated heterocycles. The predicted molar refractivity (Wildman–Crippen MR) is 65.8 cm³/mol. The summed E-state index contributed by atoms with van der Waals surface area (Å²) >= 11 is 0. The number of carbonyl (C=O) groups excluding carboxylic acids is 1. The fourth-order valence-electron chi connectivity index (χ4n) is 2.26. The maximum absolute atomic E-state index is 11.9. The van der Waals surface area contributed by atoms with Gasteiger partial charge in [-0.3, -0.25) is 4.79 Å². The molecular formula is C13H18N2O. The number of hydrogen-bond acceptors (Lipinski definition) is 2. The van der Waals surface area contributed by atoms with Crippen molar-refractivity contribution in [3.63, 3.8) is 0 Å². The number of nitrogens with one attached hydrogen (secondary N) is 1. The fourth-order valence-corrected chi connectivity index (χ4v) is 2.26. The van der Waals surface area contributed by atoms with Gasteiger partial charge in [-0.2, -0.15) is 0 Å². The van der Waals surface area contributed by atoms with Crippen molar-refractivity contribution in [2.45, 2.75) is 19.8 Å². The zero-order valence-electron chi connectivity index (χ0n) is 9.92. The van der Waals surface area contributed by atoms with Crippen molar-refractivity contribution < 1.29 is 4.79 Å². The number of anilines is 1. The van der Waals surface area contributed by atoms with Gasteiger partial charge in [-0.25, -0.2) is 0 Å². The number of fused-ring (bicyclic) bond motifs is 1. The molecule has 0 saturated carbocycles. The largest absolute Gasteiger partial charge is 0.318 e. The van der Waals surface area contributed by atoms with E-state index in [2.05, 4.69) is 24.4 Å². The summed E-state index contributed by atoms with van der Waals surface area (Å²) in [4.78, 5) is 13.8. The highest BCUT2D eigenvalue weighted by atomic mass is 16.2. The Hall–Kier alpha value is -1.35. The molecule has 1 heterocycles. The van der Waals surface area contributed by atoms with E-state index < -0.39 is 0 Å². The highest BCUT2D eigenvalue weighted by Gasteiger charge is 2.28. The summed E-state index contributed by atoms with van der Waals surface area (Å²) in [6, 6.07) is 6.22. The van der Waals surface area contributed by atoms with Gasteiger partial charge < -0.3 is 10.2 Å². The van der Waals surface area contributed by atoms with Crippen LogP contribution in [0.25, 0.3) is 0 Å². The van der Waals surface area contributed by atoms with Crippen LogP contribution in [0.1, 0.15) is 18.1 Å². The monoisotopic (exact) mass is 218 g/mol. The molecule has 0 aliphatic carbocycles. The molecule has 0 radical (unpaired) electrons. The number of carbonyl (C=O) groups is 1. The lowest BCUT2D eigenvalue weighted by Crippen LogP contribution is -2.33. The van der Waals surface area contributed by atoms with Gasteiger partial charge >= 0.3 is 0 Å². The molecule has 0 fully saturated rings. The molecule has 0 atom stereocenters. The molecule has 0 bridgehead atoms. The highest BCUT2D eigenvalue weighted by molar-refractivity contribution is 6.02. The first-order valence-corrected chi connectivity index (χ1v) is 5.83. The van der Waals surface area contributed by atoms with Gasteiger partial charge in [0.1, 0.15) is 0 Å². The lowest BCUT2D eigenvalue weighted by Gasteiger charge is -2.19. The van der Waals surface area contributed by atoms with E-state index in [0.717, 1.165) is 25.2 Å². The molecule has 2 rings (SSSR count). The van der Waals surface area contributed by atoms with Gasteiger partial charge in [0, 0.05) is 13.1 Å². The van der Waals surface area contributed by atoms with Crippen molar-refractivity contribution in [3.8, 4) is 0 Å². The van der Waals surface area contributed by atoms with Crippen LogP contribution in [0.15, 0.2) is 18.2 Å². The van der Waals surface area contributed by atoms with Gasteiger partial charge in [0.15, 0.2) is 0 Å². The van der Waals surface area contributed by atoms with Crippen molar-refractivity contribution in [1.29, 1.82) is 0 Å². The summed E-state index contributed by atoms with van der Waals surface area (Å²) in [6.45, 7) is 3.73. The lowest BCUT2D eigenvalue weighted by molar-refractivity contribution is -0.117. The number of para-hydroxylation sites is 1. The van der Waals surface area contributed by atoms with Crippen LogP contribution >= 0.6 is 0 Å². The second-order valence-electron chi connectivity index (χ2n) is 4.10. The van der Waals surface area contributed by atoms with Crippen LogP contribution in [0, 0.1) is 0 Å². The Labute approximate surface area is 96.5 Å². The van der Waals surface area contributed by atoms with Gasteiger partial charge in [0.2, 0.25) is 5.91 Å². The van der Waals surface area contributed by atoms with Gasteiger partial charge in [0.25, 0.3) is 0 Å². The van der Waals surface area contributed by atoms with Crippen LogP contribution in [0.5, 0.6) is 0 Å². The number of nitrogens with zero attached hydrogens (tertiary/aromatic N) is 1. The molecule has 1 aromatic carbocycles. The molecule has 0 unspecified atom stereocenters. The van der Waals surface area contributed by atoms with Gasteiger partial charge in [-0.1, -0.05) is 25.1 Å². The van der Waals surface area contributed by atoms with Gasteiger partial charge in [0.05, 0.1) is 12.1 Å². The highest BCUT2D eigenvalue weighted by Crippen LogP contribution is 2.32. The van der Waals surface area contributed by atoms with Crippen molar-refractivity contribution in [2.24, 2.45) is 0 Å². The molecule has 1 aliphatic rings. The Kier molecular flexibility index (Phi) is 3.25. The first-order chi connectivity index (χ1) is 7.77. The second kappa shape index (κ2) is 4.66. The summed E-state index contributed by atoms with van der Waals surface area (Å²) in [7, 11) is 1.91. The molecule has 0 aromatic heterocycles. The third-order valence-corrected chi connectivity index (χ3v) is 3.08. The number of benzene rings is 1. The molecule has 1 N–H and O–H groups in total. The van der Waals surface area contributed by atoms with E-state index in [1.54, 1.807) is 0 Å². The van der Waals surface area contributed by atoms with Crippen molar-refractivity contribution >= 4 is 11.6 Å². The van der Waals surface area contributed by atoms with Gasteiger partial charge in [-0.15, -0.1) is 0 Å². The molecular weight excluding hydrogens is 200 g/mol. The first-order valence-electron chi connectivity index (χ1n) is 5.83. The van der Waals surface area contributed by atoms with Crippen LogP contribution in [0.2, 0.25) is 0 Å². The summed E-state index contributed by atoms with van der Waals surface area (Å²) in [6.07, 6.45) is 1.54. The predicted octanol–water partition coefficient (Wildman–Crippen LogP) is 1.36. The zero-order valence-corrected chi connectivity index (χ0v) is 9.92. The molecule has 86 valence electrons. The molecule has 3 heteroatoms. The Morgan fingerprint density at radius 1 is 1.44 bits per heavy atom. The smallest absolute Gasteiger partial charge is 0.231 e. The SMILES string of the molecule is CCc1cccc2c1N(CCNC)C(=O)C2. The van der Waals surface area contributed by atoms with E-state index in [-0.39, 0.29) is 5.91 Å². The fraction of sp³-hybridized carbons (Fsp3) is 0.462. The topological polar surface area (TPSA) is 32.3 Å². The van der Waals surface area contributed by atoms with E-state index in [9.17, 15) is 4.79 Å². The average Bonchev–Trinajstić information content (AvgIpc) is 2.62. The van der Waals surface area contributed by atoms with Crippen LogP contribution in [0.4, 0.5) is 5.69 Å². The van der Waals surface area contributed by atoms with E-state index in [4.69, 9.17) is 0 Å². The zero-order chi connectivity index (χ0) is 11.5. The molecule has 1 amide bonds. The van der Waals surface area contributed by atoms with Gasteiger partial charge in [-0.05, 0) is 24.6 Å². The van der Waals surface area contributed by atoms with Crippen LogP contribution in [-0.2, 0) is 17.6 Å². The van der Waals surface area contributed by atoms with Crippen LogP contribution in [0.3, 0.4) is 0 Å². The maximum Gasteiger partial charge on any atom is 0.231 e. The van der Waals surface area contributed by atoms with Crippen molar-refractivity contribution in [3.05, 3.63) is 29.3 Å². The minimum Gasteiger partial charge on any atom is -0.318 e. The Morgan fingerprint density at radius 3 is 2.94 bits per heavy atom. The number of likely N-dealkylation sites (N-methyl/N-ethyl adjacent to an activating group) is 1. The Balaban J connectivity index is 2.33. The quantitative estimate of drug-likeness (QED) is 0.827. The Bertz CT molecular complexity index is 401. The van der Waals surface area contributed by atoms with Crippen molar-refractivity contribution in [2.75, 3.05) is 25.0 Å². The van der Waals surface area contributed by atoms with E-state index in [1.807, 2.05) is 18.0 Å². The van der Waals surface area contributed by atoms with Crippen molar-refractivity contribution in [1.82, 2.24) is 5.32 Å². The van der Waals surface area contributed by atoms with Crippen LogP contribution in [-0.4, -0.2) is 26.0 Å². The third-order valence-electron chi connectivity index (χ3n) is 3.08. The number of rotatable bonds is 4. The molecule has 0 spiro atoms. The maximum atomic E-state index is 11.9. The van der Waals surface area contributed by atoms with E-state index >= 15 is 0 Å².